The largest absolute Gasteiger partial charge is 0.463 e. The quantitative estimate of drug-likeness (QED) is 0.918. The third kappa shape index (κ3) is 2.61. The lowest BCUT2D eigenvalue weighted by atomic mass is 10.1. The zero-order valence-corrected chi connectivity index (χ0v) is 11.1. The number of rotatable bonds is 4. The molecule has 0 saturated heterocycles. The van der Waals surface area contributed by atoms with Gasteiger partial charge in [-0.1, -0.05) is 13.0 Å². The van der Waals surface area contributed by atoms with Crippen LogP contribution < -0.4 is 0 Å². The summed E-state index contributed by atoms with van der Waals surface area (Å²) in [5.74, 6) is 0.685. The van der Waals surface area contributed by atoms with Crippen molar-refractivity contribution in [1.29, 1.82) is 0 Å². The fourth-order valence-electron chi connectivity index (χ4n) is 2.46. The van der Waals surface area contributed by atoms with Gasteiger partial charge in [-0.3, -0.25) is 0 Å². The Kier molecular flexibility index (Phi) is 3.34. The minimum atomic E-state index is -0.901. The maximum Gasteiger partial charge on any atom is 0.159 e. The molecule has 1 aromatic carbocycles. The van der Waals surface area contributed by atoms with E-state index < -0.39 is 17.7 Å². The summed E-state index contributed by atoms with van der Waals surface area (Å²) >= 11 is 0. The van der Waals surface area contributed by atoms with Gasteiger partial charge >= 0.3 is 0 Å². The molecule has 4 heteroatoms. The second-order valence-electron chi connectivity index (χ2n) is 5.53. The van der Waals surface area contributed by atoms with E-state index in [-0.39, 0.29) is 6.42 Å². The van der Waals surface area contributed by atoms with E-state index in [0.29, 0.717) is 23.2 Å². The van der Waals surface area contributed by atoms with Gasteiger partial charge < -0.3 is 9.52 Å². The maximum absolute atomic E-state index is 13.1. The highest BCUT2D eigenvalue weighted by atomic mass is 19.2. The van der Waals surface area contributed by atoms with Crippen molar-refractivity contribution in [3.05, 3.63) is 59.1 Å². The first-order chi connectivity index (χ1) is 9.54. The highest BCUT2D eigenvalue weighted by molar-refractivity contribution is 5.22. The van der Waals surface area contributed by atoms with Crippen LogP contribution in [0.5, 0.6) is 0 Å². The lowest BCUT2D eigenvalue weighted by molar-refractivity contribution is 0.148. The van der Waals surface area contributed by atoms with E-state index in [0.717, 1.165) is 24.3 Å². The normalized spacial score (nSPS) is 22.8. The molecule has 3 unspecified atom stereocenters. The van der Waals surface area contributed by atoms with Gasteiger partial charge in [0.1, 0.15) is 17.6 Å². The average molecular weight is 278 g/mol. The van der Waals surface area contributed by atoms with Crippen LogP contribution in [0.1, 0.15) is 42.5 Å². The Bertz CT molecular complexity index is 621. The molecular formula is C16H16F2O2. The standard InChI is InChI=1S/C16H16F2O2/c1-9-6-11(9)15-4-5-16(20-15)14(19)8-10-2-3-12(17)13(18)7-10/h2-5,7,9,11,14,19H,6,8H2,1H3. The van der Waals surface area contributed by atoms with Crippen molar-refractivity contribution in [3.8, 4) is 0 Å². The van der Waals surface area contributed by atoms with Crippen LogP contribution in [0.3, 0.4) is 0 Å². The molecule has 0 bridgehead atoms. The molecule has 0 radical (unpaired) electrons. The smallest absolute Gasteiger partial charge is 0.159 e. The van der Waals surface area contributed by atoms with Gasteiger partial charge in [0, 0.05) is 12.3 Å². The van der Waals surface area contributed by atoms with Crippen molar-refractivity contribution >= 4 is 0 Å². The predicted molar refractivity (Wildman–Crippen MR) is 70.3 cm³/mol. The monoisotopic (exact) mass is 278 g/mol. The molecule has 2 nitrogen and oxygen atoms in total. The molecule has 20 heavy (non-hydrogen) atoms. The van der Waals surface area contributed by atoms with E-state index in [1.165, 1.54) is 6.07 Å². The predicted octanol–water partition coefficient (Wildman–Crippen LogP) is 3.96. The zero-order chi connectivity index (χ0) is 14.3. The molecule has 1 N–H and O–H groups in total. The van der Waals surface area contributed by atoms with Gasteiger partial charge in [-0.15, -0.1) is 0 Å². The lowest BCUT2D eigenvalue weighted by Crippen LogP contribution is -2.01. The molecule has 1 saturated carbocycles. The van der Waals surface area contributed by atoms with Gasteiger partial charge in [-0.25, -0.2) is 8.78 Å². The number of benzene rings is 1. The highest BCUT2D eigenvalue weighted by Crippen LogP contribution is 2.47. The molecule has 2 aromatic rings. The molecule has 1 heterocycles. The van der Waals surface area contributed by atoms with Gasteiger partial charge in [0.05, 0.1) is 0 Å². The number of aliphatic hydroxyl groups excluding tert-OH is 1. The van der Waals surface area contributed by atoms with Crippen LogP contribution in [0.2, 0.25) is 0 Å². The number of halogens is 2. The first-order valence-corrected chi connectivity index (χ1v) is 6.76. The summed E-state index contributed by atoms with van der Waals surface area (Å²) in [5.41, 5.74) is 0.536. The summed E-state index contributed by atoms with van der Waals surface area (Å²) in [5, 5.41) is 10.1. The van der Waals surface area contributed by atoms with Crippen LogP contribution in [0.15, 0.2) is 34.7 Å². The Hall–Kier alpha value is -1.68. The summed E-state index contributed by atoms with van der Waals surface area (Å²) in [7, 11) is 0. The fourth-order valence-corrected chi connectivity index (χ4v) is 2.46. The third-order valence-electron chi connectivity index (χ3n) is 3.86. The zero-order valence-electron chi connectivity index (χ0n) is 11.1. The van der Waals surface area contributed by atoms with Gasteiger partial charge in [-0.05, 0) is 42.2 Å². The van der Waals surface area contributed by atoms with Crippen LogP contribution in [-0.2, 0) is 6.42 Å². The maximum atomic E-state index is 13.1. The molecule has 1 aliphatic rings. The molecule has 106 valence electrons. The van der Waals surface area contributed by atoms with E-state index in [2.05, 4.69) is 6.92 Å². The summed E-state index contributed by atoms with van der Waals surface area (Å²) < 4.78 is 31.6. The number of hydrogen-bond acceptors (Lipinski definition) is 2. The van der Waals surface area contributed by atoms with E-state index in [1.54, 1.807) is 6.07 Å². The van der Waals surface area contributed by atoms with Crippen molar-refractivity contribution in [2.45, 2.75) is 31.8 Å². The molecule has 1 aliphatic carbocycles. The van der Waals surface area contributed by atoms with Crippen molar-refractivity contribution in [1.82, 2.24) is 0 Å². The first-order valence-electron chi connectivity index (χ1n) is 6.76. The number of hydrogen-bond donors (Lipinski definition) is 1. The first kappa shape index (κ1) is 13.3. The molecule has 0 spiro atoms. The van der Waals surface area contributed by atoms with Crippen LogP contribution in [0.25, 0.3) is 0 Å². The third-order valence-corrected chi connectivity index (χ3v) is 3.86. The summed E-state index contributed by atoms with van der Waals surface area (Å²) in [6.45, 7) is 2.16. The van der Waals surface area contributed by atoms with Gasteiger partial charge in [0.15, 0.2) is 11.6 Å². The molecular weight excluding hydrogens is 262 g/mol. The lowest BCUT2D eigenvalue weighted by Gasteiger charge is -2.08. The Balaban J connectivity index is 1.70. The summed E-state index contributed by atoms with van der Waals surface area (Å²) in [6, 6.07) is 7.28. The Morgan fingerprint density at radius 2 is 2.00 bits per heavy atom. The van der Waals surface area contributed by atoms with Crippen LogP contribution in [0.4, 0.5) is 8.78 Å². The van der Waals surface area contributed by atoms with Gasteiger partial charge in [0.2, 0.25) is 0 Å². The second-order valence-corrected chi connectivity index (χ2v) is 5.53. The number of aliphatic hydroxyl groups is 1. The Morgan fingerprint density at radius 3 is 2.65 bits per heavy atom. The van der Waals surface area contributed by atoms with Crippen molar-refractivity contribution in [2.75, 3.05) is 0 Å². The molecule has 3 atom stereocenters. The molecule has 3 rings (SSSR count). The Labute approximate surface area is 116 Å². The summed E-state index contributed by atoms with van der Waals surface area (Å²) in [6.07, 6.45) is 0.471. The number of furan rings is 1. The van der Waals surface area contributed by atoms with E-state index in [4.69, 9.17) is 4.42 Å². The van der Waals surface area contributed by atoms with Crippen molar-refractivity contribution in [3.63, 3.8) is 0 Å². The van der Waals surface area contributed by atoms with Crippen LogP contribution in [0, 0.1) is 17.6 Å². The average Bonchev–Trinajstić information content (AvgIpc) is 2.95. The van der Waals surface area contributed by atoms with Crippen molar-refractivity contribution in [2.24, 2.45) is 5.92 Å². The molecule has 1 aromatic heterocycles. The molecule has 0 aliphatic heterocycles. The highest BCUT2D eigenvalue weighted by Gasteiger charge is 2.36. The van der Waals surface area contributed by atoms with Gasteiger partial charge in [-0.2, -0.15) is 0 Å². The fraction of sp³-hybridized carbons (Fsp3) is 0.375. The Morgan fingerprint density at radius 1 is 1.25 bits per heavy atom. The van der Waals surface area contributed by atoms with Crippen LogP contribution in [-0.4, -0.2) is 5.11 Å². The van der Waals surface area contributed by atoms with Crippen LogP contribution >= 0.6 is 0 Å². The SMILES string of the molecule is CC1CC1c1ccc(C(O)Cc2ccc(F)c(F)c2)o1. The topological polar surface area (TPSA) is 33.4 Å². The minimum absolute atomic E-state index is 0.199. The van der Waals surface area contributed by atoms with E-state index in [9.17, 15) is 13.9 Å². The second kappa shape index (κ2) is 5.02. The molecule has 0 amide bonds. The van der Waals surface area contributed by atoms with E-state index in [1.807, 2.05) is 6.07 Å². The van der Waals surface area contributed by atoms with Gasteiger partial charge in [0.25, 0.3) is 0 Å². The minimum Gasteiger partial charge on any atom is -0.463 e. The molecule has 1 fully saturated rings. The van der Waals surface area contributed by atoms with E-state index >= 15 is 0 Å². The van der Waals surface area contributed by atoms with Crippen molar-refractivity contribution < 1.29 is 18.3 Å². The summed E-state index contributed by atoms with van der Waals surface area (Å²) in [4.78, 5) is 0.